The van der Waals surface area contributed by atoms with Gasteiger partial charge >= 0.3 is 6.03 Å². The zero-order valence-corrected chi connectivity index (χ0v) is 13.8. The van der Waals surface area contributed by atoms with Gasteiger partial charge in [-0.15, -0.1) is 0 Å². The number of urea groups is 1. The van der Waals surface area contributed by atoms with Crippen LogP contribution in [0.1, 0.15) is 12.2 Å². The number of hydrogen-bond acceptors (Lipinski definition) is 3. The van der Waals surface area contributed by atoms with E-state index in [1.54, 1.807) is 6.20 Å². The molecule has 7 heteroatoms. The number of rotatable bonds is 4. The lowest BCUT2D eigenvalue weighted by atomic mass is 10.3. The third kappa shape index (κ3) is 3.96. The normalized spacial score (nSPS) is 17.3. The summed E-state index contributed by atoms with van der Waals surface area (Å²) in [5, 5.41) is 6.59. The zero-order valence-electron chi connectivity index (χ0n) is 13.0. The molecule has 2 heterocycles. The summed E-state index contributed by atoms with van der Waals surface area (Å²) in [6.07, 6.45) is 4.49. The first-order valence-corrected chi connectivity index (χ1v) is 8.00. The molecule has 122 valence electrons. The molecule has 2 aromatic rings. The van der Waals surface area contributed by atoms with Crippen molar-refractivity contribution in [3.05, 3.63) is 47.5 Å². The molecule has 1 aromatic heterocycles. The lowest BCUT2D eigenvalue weighted by Crippen LogP contribution is -2.43. The summed E-state index contributed by atoms with van der Waals surface area (Å²) in [5.41, 5.74) is 1.09. The van der Waals surface area contributed by atoms with Gasteiger partial charge in [-0.3, -0.25) is 0 Å². The Morgan fingerprint density at radius 1 is 1.48 bits per heavy atom. The second-order valence-electron chi connectivity index (χ2n) is 5.69. The van der Waals surface area contributed by atoms with Crippen LogP contribution in [-0.4, -0.2) is 34.7 Å². The Bertz CT molecular complexity index is 687. The van der Waals surface area contributed by atoms with Crippen molar-refractivity contribution in [2.75, 3.05) is 18.0 Å². The minimum Gasteiger partial charge on any atom is -0.369 e. The molecule has 23 heavy (non-hydrogen) atoms. The molecule has 0 saturated carbocycles. The van der Waals surface area contributed by atoms with E-state index in [4.69, 9.17) is 11.6 Å². The number of benzene rings is 1. The third-order valence-corrected chi connectivity index (χ3v) is 4.26. The molecule has 0 radical (unpaired) electrons. The second-order valence-corrected chi connectivity index (χ2v) is 6.13. The molecular formula is C16H20ClN5O. The second kappa shape index (κ2) is 6.91. The van der Waals surface area contributed by atoms with E-state index >= 15 is 0 Å². The molecule has 0 bridgehead atoms. The number of imidazole rings is 1. The van der Waals surface area contributed by atoms with Crippen molar-refractivity contribution in [3.8, 4) is 0 Å². The maximum Gasteiger partial charge on any atom is 0.315 e. The number of carbonyl (C=O) groups is 1. The average molecular weight is 334 g/mol. The Labute approximate surface area is 140 Å². The highest BCUT2D eigenvalue weighted by atomic mass is 35.5. The number of anilines is 1. The summed E-state index contributed by atoms with van der Waals surface area (Å²) in [4.78, 5) is 18.4. The smallest absolute Gasteiger partial charge is 0.315 e. The highest BCUT2D eigenvalue weighted by Gasteiger charge is 2.24. The van der Waals surface area contributed by atoms with E-state index in [9.17, 15) is 4.79 Å². The molecule has 1 atom stereocenters. The minimum atomic E-state index is -0.161. The molecule has 3 rings (SSSR count). The van der Waals surface area contributed by atoms with Crippen LogP contribution in [0.2, 0.25) is 5.02 Å². The van der Waals surface area contributed by atoms with Crippen LogP contribution in [-0.2, 0) is 13.6 Å². The van der Waals surface area contributed by atoms with Crippen LogP contribution >= 0.6 is 11.6 Å². The summed E-state index contributed by atoms with van der Waals surface area (Å²) < 4.78 is 1.89. The number of amides is 2. The van der Waals surface area contributed by atoms with E-state index < -0.39 is 0 Å². The topological polar surface area (TPSA) is 62.2 Å². The molecular weight excluding hydrogens is 314 g/mol. The SMILES string of the molecule is Cn1ccnc1CNC(=O)NC1CCN(c2cccc(Cl)c2)C1. The first-order valence-electron chi connectivity index (χ1n) is 7.63. The van der Waals surface area contributed by atoms with Crippen LogP contribution in [0.25, 0.3) is 0 Å². The molecule has 2 amide bonds. The molecule has 1 unspecified atom stereocenters. The van der Waals surface area contributed by atoms with Crippen LogP contribution < -0.4 is 15.5 Å². The number of hydrogen-bond donors (Lipinski definition) is 2. The summed E-state index contributed by atoms with van der Waals surface area (Å²) in [6.45, 7) is 2.11. The van der Waals surface area contributed by atoms with Crippen LogP contribution in [0.3, 0.4) is 0 Å². The lowest BCUT2D eigenvalue weighted by Gasteiger charge is -2.19. The monoisotopic (exact) mass is 333 g/mol. The molecule has 1 aliphatic rings. The molecule has 1 fully saturated rings. The summed E-state index contributed by atoms with van der Waals surface area (Å²) in [7, 11) is 1.90. The minimum absolute atomic E-state index is 0.135. The Morgan fingerprint density at radius 3 is 3.09 bits per heavy atom. The van der Waals surface area contributed by atoms with E-state index in [1.165, 1.54) is 0 Å². The highest BCUT2D eigenvalue weighted by Crippen LogP contribution is 2.23. The predicted octanol–water partition coefficient (Wildman–Crippen LogP) is 2.15. The molecule has 1 saturated heterocycles. The fourth-order valence-electron chi connectivity index (χ4n) is 2.75. The van der Waals surface area contributed by atoms with Crippen LogP contribution in [0, 0.1) is 0 Å². The molecule has 1 aliphatic heterocycles. The van der Waals surface area contributed by atoms with Gasteiger partial charge in [0.15, 0.2) is 0 Å². The predicted molar refractivity (Wildman–Crippen MR) is 90.6 cm³/mol. The molecule has 0 spiro atoms. The maximum absolute atomic E-state index is 12.0. The van der Waals surface area contributed by atoms with Gasteiger partial charge in [-0.05, 0) is 24.6 Å². The van der Waals surface area contributed by atoms with E-state index in [0.717, 1.165) is 36.0 Å². The molecule has 6 nitrogen and oxygen atoms in total. The fourth-order valence-corrected chi connectivity index (χ4v) is 2.93. The van der Waals surface area contributed by atoms with Gasteiger partial charge in [0, 0.05) is 49.3 Å². The van der Waals surface area contributed by atoms with Crippen molar-refractivity contribution >= 4 is 23.3 Å². The maximum atomic E-state index is 12.0. The van der Waals surface area contributed by atoms with Gasteiger partial charge in [-0.1, -0.05) is 17.7 Å². The Morgan fingerprint density at radius 2 is 2.35 bits per heavy atom. The van der Waals surface area contributed by atoms with Gasteiger partial charge in [-0.25, -0.2) is 9.78 Å². The Balaban J connectivity index is 1.48. The Hall–Kier alpha value is -2.21. The lowest BCUT2D eigenvalue weighted by molar-refractivity contribution is 0.237. The van der Waals surface area contributed by atoms with Gasteiger partial charge in [-0.2, -0.15) is 0 Å². The van der Waals surface area contributed by atoms with Crippen molar-refractivity contribution in [2.24, 2.45) is 7.05 Å². The number of nitrogens with zero attached hydrogens (tertiary/aromatic N) is 3. The third-order valence-electron chi connectivity index (χ3n) is 4.02. The van der Waals surface area contributed by atoms with Gasteiger partial charge in [0.1, 0.15) is 5.82 Å². The zero-order chi connectivity index (χ0) is 16.2. The quantitative estimate of drug-likeness (QED) is 0.901. The largest absolute Gasteiger partial charge is 0.369 e. The van der Waals surface area contributed by atoms with Crippen LogP contribution in [0.4, 0.5) is 10.5 Å². The van der Waals surface area contributed by atoms with Crippen LogP contribution in [0.15, 0.2) is 36.7 Å². The van der Waals surface area contributed by atoms with E-state index in [2.05, 4.69) is 20.5 Å². The number of aryl methyl sites for hydroxylation is 1. The highest BCUT2D eigenvalue weighted by molar-refractivity contribution is 6.30. The average Bonchev–Trinajstić information content (AvgIpc) is 3.14. The van der Waals surface area contributed by atoms with Gasteiger partial charge in [0.2, 0.25) is 0 Å². The summed E-state index contributed by atoms with van der Waals surface area (Å²) in [6, 6.07) is 7.77. The van der Waals surface area contributed by atoms with Crippen molar-refractivity contribution in [1.82, 2.24) is 20.2 Å². The number of aromatic nitrogens is 2. The first kappa shape index (κ1) is 15.7. The van der Waals surface area contributed by atoms with E-state index in [0.29, 0.717) is 6.54 Å². The van der Waals surface area contributed by atoms with E-state index in [-0.39, 0.29) is 12.1 Å². The first-order chi connectivity index (χ1) is 11.1. The Kier molecular flexibility index (Phi) is 4.71. The van der Waals surface area contributed by atoms with Crippen molar-refractivity contribution < 1.29 is 4.79 Å². The fraction of sp³-hybridized carbons (Fsp3) is 0.375. The van der Waals surface area contributed by atoms with E-state index in [1.807, 2.05) is 42.1 Å². The summed E-state index contributed by atoms with van der Waals surface area (Å²) >= 11 is 6.03. The van der Waals surface area contributed by atoms with Crippen LogP contribution in [0.5, 0.6) is 0 Å². The van der Waals surface area contributed by atoms with Gasteiger partial charge in [0.05, 0.1) is 6.54 Å². The molecule has 2 N–H and O–H groups in total. The van der Waals surface area contributed by atoms with Crippen molar-refractivity contribution in [3.63, 3.8) is 0 Å². The standard InChI is InChI=1S/C16H20ClN5O/c1-21-8-6-18-15(21)10-19-16(23)20-13-5-7-22(11-13)14-4-2-3-12(17)9-14/h2-4,6,8-9,13H,5,7,10-11H2,1H3,(H2,19,20,23). The summed E-state index contributed by atoms with van der Waals surface area (Å²) in [5.74, 6) is 0.826. The number of halogens is 1. The van der Waals surface area contributed by atoms with Crippen molar-refractivity contribution in [1.29, 1.82) is 0 Å². The number of nitrogens with one attached hydrogen (secondary N) is 2. The molecule has 1 aromatic carbocycles. The molecule has 0 aliphatic carbocycles. The van der Waals surface area contributed by atoms with Crippen molar-refractivity contribution in [2.45, 2.75) is 19.0 Å². The van der Waals surface area contributed by atoms with Gasteiger partial charge in [0.25, 0.3) is 0 Å². The number of carbonyl (C=O) groups excluding carboxylic acids is 1. The van der Waals surface area contributed by atoms with Gasteiger partial charge < -0.3 is 20.1 Å².